The number of hydrogen-bond donors (Lipinski definition) is 0. The van der Waals surface area contributed by atoms with Gasteiger partial charge in [-0.25, -0.2) is 15.0 Å². The van der Waals surface area contributed by atoms with E-state index in [1.807, 2.05) is 25.2 Å². The molecule has 0 unspecified atom stereocenters. The van der Waals surface area contributed by atoms with Crippen LogP contribution in [0.25, 0.3) is 0 Å². The minimum absolute atomic E-state index is 0.419. The summed E-state index contributed by atoms with van der Waals surface area (Å²) >= 11 is 5.78. The predicted octanol–water partition coefficient (Wildman–Crippen LogP) is 2.29. The maximum Gasteiger partial charge on any atom is 0.232 e. The van der Waals surface area contributed by atoms with Crippen molar-refractivity contribution >= 4 is 23.4 Å². The van der Waals surface area contributed by atoms with Crippen molar-refractivity contribution in [3.8, 4) is 0 Å². The Morgan fingerprint density at radius 2 is 2.00 bits per heavy atom. The Kier molecular flexibility index (Phi) is 2.78. The number of pyridine rings is 1. The minimum Gasteiger partial charge on any atom is -0.298 e. The van der Waals surface area contributed by atoms with Gasteiger partial charge < -0.3 is 0 Å². The standard InChI is InChI=1S/C10H9ClN4/c1-15(9-4-2-3-6-12-9)10-13-7-5-8(11)14-10/h2-7H,1H3. The molecule has 0 N–H and O–H groups in total. The third-order valence-corrected chi connectivity index (χ3v) is 2.11. The highest BCUT2D eigenvalue weighted by Crippen LogP contribution is 2.17. The smallest absolute Gasteiger partial charge is 0.232 e. The molecule has 0 aliphatic rings. The quantitative estimate of drug-likeness (QED) is 0.729. The lowest BCUT2D eigenvalue weighted by Crippen LogP contribution is -2.13. The van der Waals surface area contributed by atoms with Gasteiger partial charge in [0.1, 0.15) is 11.0 Å². The number of halogens is 1. The van der Waals surface area contributed by atoms with Gasteiger partial charge in [-0.05, 0) is 18.2 Å². The van der Waals surface area contributed by atoms with E-state index in [4.69, 9.17) is 11.6 Å². The van der Waals surface area contributed by atoms with Gasteiger partial charge in [0.2, 0.25) is 5.95 Å². The first kappa shape index (κ1) is 9.86. The zero-order valence-electron chi connectivity index (χ0n) is 8.13. The van der Waals surface area contributed by atoms with E-state index in [1.54, 1.807) is 23.4 Å². The Balaban J connectivity index is 2.32. The van der Waals surface area contributed by atoms with Crippen molar-refractivity contribution < 1.29 is 0 Å². The van der Waals surface area contributed by atoms with Gasteiger partial charge in [-0.3, -0.25) is 4.90 Å². The van der Waals surface area contributed by atoms with E-state index in [0.29, 0.717) is 11.1 Å². The third-order valence-electron chi connectivity index (χ3n) is 1.90. The Bertz CT molecular complexity index is 446. The third kappa shape index (κ3) is 2.22. The van der Waals surface area contributed by atoms with Crippen LogP contribution in [0.1, 0.15) is 0 Å². The fraction of sp³-hybridized carbons (Fsp3) is 0.100. The number of rotatable bonds is 2. The molecule has 4 nitrogen and oxygen atoms in total. The van der Waals surface area contributed by atoms with Gasteiger partial charge in [0.15, 0.2) is 0 Å². The number of anilines is 2. The lowest BCUT2D eigenvalue weighted by atomic mass is 10.4. The molecule has 0 fully saturated rings. The highest BCUT2D eigenvalue weighted by Gasteiger charge is 2.07. The van der Waals surface area contributed by atoms with Crippen LogP contribution in [-0.4, -0.2) is 22.0 Å². The van der Waals surface area contributed by atoms with Gasteiger partial charge in [0.25, 0.3) is 0 Å². The van der Waals surface area contributed by atoms with Crippen molar-refractivity contribution in [1.82, 2.24) is 15.0 Å². The van der Waals surface area contributed by atoms with E-state index in [0.717, 1.165) is 5.82 Å². The predicted molar refractivity (Wildman–Crippen MR) is 59.3 cm³/mol. The first-order valence-corrected chi connectivity index (χ1v) is 4.78. The minimum atomic E-state index is 0.419. The summed E-state index contributed by atoms with van der Waals surface area (Å²) in [7, 11) is 1.84. The van der Waals surface area contributed by atoms with Crippen molar-refractivity contribution in [3.05, 3.63) is 41.8 Å². The summed E-state index contributed by atoms with van der Waals surface area (Å²) in [6, 6.07) is 7.28. The molecule has 0 amide bonds. The molecule has 2 heterocycles. The first-order valence-electron chi connectivity index (χ1n) is 4.40. The maximum atomic E-state index is 5.78. The van der Waals surface area contributed by atoms with E-state index < -0.39 is 0 Å². The molecule has 0 bridgehead atoms. The Morgan fingerprint density at radius 3 is 2.67 bits per heavy atom. The average molecular weight is 221 g/mol. The van der Waals surface area contributed by atoms with Crippen molar-refractivity contribution in [1.29, 1.82) is 0 Å². The van der Waals surface area contributed by atoms with Crippen LogP contribution < -0.4 is 4.90 Å². The van der Waals surface area contributed by atoms with Crippen LogP contribution >= 0.6 is 11.6 Å². The van der Waals surface area contributed by atoms with Crippen LogP contribution in [0.4, 0.5) is 11.8 Å². The van der Waals surface area contributed by atoms with Crippen LogP contribution in [0, 0.1) is 0 Å². The molecule has 0 saturated heterocycles. The molecule has 0 radical (unpaired) electrons. The lowest BCUT2D eigenvalue weighted by molar-refractivity contribution is 1.01. The Morgan fingerprint density at radius 1 is 1.13 bits per heavy atom. The molecule has 15 heavy (non-hydrogen) atoms. The zero-order chi connectivity index (χ0) is 10.7. The van der Waals surface area contributed by atoms with Gasteiger partial charge in [-0.1, -0.05) is 17.7 Å². The number of hydrogen-bond acceptors (Lipinski definition) is 4. The molecule has 0 spiro atoms. The van der Waals surface area contributed by atoms with Gasteiger partial charge in [0, 0.05) is 19.4 Å². The average Bonchev–Trinajstić information content (AvgIpc) is 2.29. The lowest BCUT2D eigenvalue weighted by Gasteiger charge is -2.15. The molecule has 0 aliphatic carbocycles. The van der Waals surface area contributed by atoms with E-state index in [1.165, 1.54) is 0 Å². The van der Waals surface area contributed by atoms with Gasteiger partial charge in [-0.2, -0.15) is 0 Å². The number of aromatic nitrogens is 3. The van der Waals surface area contributed by atoms with Crippen molar-refractivity contribution in [2.24, 2.45) is 0 Å². The van der Waals surface area contributed by atoms with Crippen molar-refractivity contribution in [3.63, 3.8) is 0 Å². The highest BCUT2D eigenvalue weighted by atomic mass is 35.5. The summed E-state index contributed by atoms with van der Waals surface area (Å²) in [5.41, 5.74) is 0. The summed E-state index contributed by atoms with van der Waals surface area (Å²) < 4.78 is 0. The first-order chi connectivity index (χ1) is 7.27. The van der Waals surface area contributed by atoms with E-state index in [-0.39, 0.29) is 0 Å². The second-order valence-electron chi connectivity index (χ2n) is 2.93. The summed E-state index contributed by atoms with van der Waals surface area (Å²) in [6.07, 6.45) is 3.33. The molecular weight excluding hydrogens is 212 g/mol. The molecule has 0 aromatic carbocycles. The van der Waals surface area contributed by atoms with Crippen molar-refractivity contribution in [2.75, 3.05) is 11.9 Å². The summed E-state index contributed by atoms with van der Waals surface area (Å²) in [6.45, 7) is 0. The molecule has 2 rings (SSSR count). The molecule has 2 aromatic rings. The SMILES string of the molecule is CN(c1ccccn1)c1nccc(Cl)n1. The summed E-state index contributed by atoms with van der Waals surface area (Å²) in [5.74, 6) is 1.31. The van der Waals surface area contributed by atoms with Crippen molar-refractivity contribution in [2.45, 2.75) is 0 Å². The van der Waals surface area contributed by atoms with Crippen LogP contribution in [0.3, 0.4) is 0 Å². The van der Waals surface area contributed by atoms with E-state index >= 15 is 0 Å². The van der Waals surface area contributed by atoms with E-state index in [9.17, 15) is 0 Å². The largest absolute Gasteiger partial charge is 0.298 e. The summed E-state index contributed by atoms with van der Waals surface area (Å²) in [4.78, 5) is 14.2. The van der Waals surface area contributed by atoms with Crippen LogP contribution in [-0.2, 0) is 0 Å². The monoisotopic (exact) mass is 220 g/mol. The zero-order valence-corrected chi connectivity index (χ0v) is 8.89. The maximum absolute atomic E-state index is 5.78. The molecule has 0 atom stereocenters. The fourth-order valence-electron chi connectivity index (χ4n) is 1.14. The second-order valence-corrected chi connectivity index (χ2v) is 3.31. The fourth-order valence-corrected chi connectivity index (χ4v) is 1.28. The second kappa shape index (κ2) is 4.23. The normalized spacial score (nSPS) is 10.0. The van der Waals surface area contributed by atoms with E-state index in [2.05, 4.69) is 15.0 Å². The molecular formula is C10H9ClN4. The van der Waals surface area contributed by atoms with Gasteiger partial charge >= 0.3 is 0 Å². The van der Waals surface area contributed by atoms with Gasteiger partial charge in [0.05, 0.1) is 0 Å². The molecule has 76 valence electrons. The summed E-state index contributed by atoms with van der Waals surface area (Å²) in [5, 5.41) is 0.419. The van der Waals surface area contributed by atoms with Crippen LogP contribution in [0.5, 0.6) is 0 Å². The highest BCUT2D eigenvalue weighted by molar-refractivity contribution is 6.29. The molecule has 0 aliphatic heterocycles. The number of nitrogens with zero attached hydrogens (tertiary/aromatic N) is 4. The Labute approximate surface area is 92.6 Å². The molecule has 5 heteroatoms. The van der Waals surface area contributed by atoms with Crippen LogP contribution in [0.2, 0.25) is 5.15 Å². The topological polar surface area (TPSA) is 41.9 Å². The molecule has 0 saturated carbocycles. The molecule has 2 aromatic heterocycles. The van der Waals surface area contributed by atoms with Crippen LogP contribution in [0.15, 0.2) is 36.7 Å². The Hall–Kier alpha value is -1.68. The van der Waals surface area contributed by atoms with Gasteiger partial charge in [-0.15, -0.1) is 0 Å².